The van der Waals surface area contributed by atoms with Crippen molar-refractivity contribution < 1.29 is 0 Å². The van der Waals surface area contributed by atoms with E-state index in [4.69, 9.17) is 5.84 Å². The summed E-state index contributed by atoms with van der Waals surface area (Å²) in [7, 11) is 0. The van der Waals surface area contributed by atoms with Crippen molar-refractivity contribution in [3.8, 4) is 11.4 Å². The van der Waals surface area contributed by atoms with Crippen LogP contribution < -0.4 is 16.6 Å². The number of anilines is 2. The molecule has 1 unspecified atom stereocenters. The molecule has 4 N–H and O–H groups in total. The number of nitrogen functional groups attached to an aromatic ring is 1. The number of hydrogen-bond acceptors (Lipinski definition) is 6. The molecular formula is C15H21N5S. The predicted molar refractivity (Wildman–Crippen MR) is 91.3 cm³/mol. The number of thioether (sulfide) groups is 1. The largest absolute Gasteiger partial charge is 0.370 e. The highest BCUT2D eigenvalue weighted by atomic mass is 32.2. The maximum atomic E-state index is 5.50. The number of hydrazine groups is 1. The third kappa shape index (κ3) is 4.61. The molecule has 0 spiro atoms. The molecular weight excluding hydrogens is 282 g/mol. The molecule has 1 atom stereocenters. The first-order chi connectivity index (χ1) is 10.2. The summed E-state index contributed by atoms with van der Waals surface area (Å²) in [6.07, 6.45) is 2.12. The number of rotatable bonds is 7. The van der Waals surface area contributed by atoms with Crippen LogP contribution in [-0.2, 0) is 0 Å². The summed E-state index contributed by atoms with van der Waals surface area (Å²) in [5, 5.41) is 3.35. The second kappa shape index (κ2) is 7.85. The summed E-state index contributed by atoms with van der Waals surface area (Å²) in [5.74, 6) is 9.23. The smallest absolute Gasteiger partial charge is 0.163 e. The number of nitrogens with two attached hydrogens (primary N) is 1. The van der Waals surface area contributed by atoms with Gasteiger partial charge in [-0.25, -0.2) is 15.8 Å². The summed E-state index contributed by atoms with van der Waals surface area (Å²) in [4.78, 5) is 8.95. The van der Waals surface area contributed by atoms with Crippen LogP contribution in [0, 0.1) is 5.92 Å². The van der Waals surface area contributed by atoms with Gasteiger partial charge in [0.05, 0.1) is 0 Å². The minimum absolute atomic E-state index is 0.574. The van der Waals surface area contributed by atoms with Crippen LogP contribution in [0.5, 0.6) is 0 Å². The molecule has 0 saturated heterocycles. The van der Waals surface area contributed by atoms with Crippen molar-refractivity contribution in [2.45, 2.75) is 6.92 Å². The Morgan fingerprint density at radius 1 is 1.19 bits per heavy atom. The summed E-state index contributed by atoms with van der Waals surface area (Å²) in [5.41, 5.74) is 3.56. The fraction of sp³-hybridized carbons (Fsp3) is 0.333. The molecule has 0 radical (unpaired) electrons. The molecule has 5 nitrogen and oxygen atoms in total. The summed E-state index contributed by atoms with van der Waals surface area (Å²) >= 11 is 1.85. The number of hydrogen-bond donors (Lipinski definition) is 3. The van der Waals surface area contributed by atoms with Gasteiger partial charge in [-0.2, -0.15) is 11.8 Å². The van der Waals surface area contributed by atoms with E-state index in [2.05, 4.69) is 33.9 Å². The number of benzene rings is 1. The Morgan fingerprint density at radius 3 is 2.57 bits per heavy atom. The van der Waals surface area contributed by atoms with Crippen molar-refractivity contribution in [2.75, 3.05) is 29.3 Å². The highest BCUT2D eigenvalue weighted by molar-refractivity contribution is 7.98. The molecule has 2 aromatic rings. The van der Waals surface area contributed by atoms with E-state index >= 15 is 0 Å². The first-order valence-electron chi connectivity index (χ1n) is 6.87. The molecule has 0 aliphatic rings. The van der Waals surface area contributed by atoms with Gasteiger partial charge in [-0.05, 0) is 17.9 Å². The first kappa shape index (κ1) is 15.6. The van der Waals surface area contributed by atoms with Crippen LogP contribution in [0.25, 0.3) is 11.4 Å². The van der Waals surface area contributed by atoms with E-state index in [1.807, 2.05) is 48.2 Å². The number of aromatic nitrogens is 2. The highest BCUT2D eigenvalue weighted by Crippen LogP contribution is 2.20. The van der Waals surface area contributed by atoms with Crippen molar-refractivity contribution in [1.82, 2.24) is 9.97 Å². The lowest BCUT2D eigenvalue weighted by atomic mass is 10.2. The van der Waals surface area contributed by atoms with Crippen molar-refractivity contribution in [2.24, 2.45) is 11.8 Å². The quantitative estimate of drug-likeness (QED) is 0.539. The van der Waals surface area contributed by atoms with Crippen LogP contribution in [0.3, 0.4) is 0 Å². The average Bonchev–Trinajstić information content (AvgIpc) is 2.54. The van der Waals surface area contributed by atoms with E-state index < -0.39 is 0 Å². The third-order valence-electron chi connectivity index (χ3n) is 2.99. The van der Waals surface area contributed by atoms with Crippen LogP contribution in [-0.4, -0.2) is 28.5 Å². The molecule has 1 heterocycles. The Labute approximate surface area is 129 Å². The molecule has 0 fully saturated rings. The lowest BCUT2D eigenvalue weighted by Crippen LogP contribution is -2.16. The molecule has 6 heteroatoms. The standard InChI is InChI=1S/C15H21N5S/c1-11(10-21-2)9-17-13-8-14(20-16)19-15(18-13)12-6-4-3-5-7-12/h3-8,11H,9-10,16H2,1-2H3,(H2,17,18,19,20). The van der Waals surface area contributed by atoms with Gasteiger partial charge in [0.25, 0.3) is 0 Å². The fourth-order valence-electron chi connectivity index (χ4n) is 1.95. The Morgan fingerprint density at radius 2 is 1.90 bits per heavy atom. The van der Waals surface area contributed by atoms with Crippen molar-refractivity contribution in [1.29, 1.82) is 0 Å². The minimum Gasteiger partial charge on any atom is -0.370 e. The SMILES string of the molecule is CSCC(C)CNc1cc(NN)nc(-c2ccccc2)n1. The molecule has 1 aromatic heterocycles. The van der Waals surface area contributed by atoms with E-state index in [-0.39, 0.29) is 0 Å². The van der Waals surface area contributed by atoms with Gasteiger partial charge in [0.1, 0.15) is 11.6 Å². The molecule has 0 aliphatic heterocycles. The van der Waals surface area contributed by atoms with Gasteiger partial charge in [-0.3, -0.25) is 0 Å². The molecule has 0 aliphatic carbocycles. The van der Waals surface area contributed by atoms with E-state index in [1.165, 1.54) is 0 Å². The maximum absolute atomic E-state index is 5.50. The van der Waals surface area contributed by atoms with E-state index in [0.717, 1.165) is 23.7 Å². The second-order valence-electron chi connectivity index (χ2n) is 4.91. The van der Waals surface area contributed by atoms with Crippen molar-refractivity contribution in [3.05, 3.63) is 36.4 Å². The Balaban J connectivity index is 2.18. The maximum Gasteiger partial charge on any atom is 0.163 e. The second-order valence-corrected chi connectivity index (χ2v) is 5.82. The molecule has 0 saturated carbocycles. The fourth-order valence-corrected chi connectivity index (χ4v) is 2.64. The average molecular weight is 303 g/mol. The van der Waals surface area contributed by atoms with E-state index in [0.29, 0.717) is 17.6 Å². The van der Waals surface area contributed by atoms with Crippen LogP contribution in [0.1, 0.15) is 6.92 Å². The van der Waals surface area contributed by atoms with Gasteiger partial charge < -0.3 is 10.7 Å². The Kier molecular flexibility index (Phi) is 5.83. The summed E-state index contributed by atoms with van der Waals surface area (Å²) in [6, 6.07) is 11.7. The topological polar surface area (TPSA) is 75.9 Å². The lowest BCUT2D eigenvalue weighted by Gasteiger charge is -2.13. The van der Waals surface area contributed by atoms with Crippen LogP contribution >= 0.6 is 11.8 Å². The zero-order chi connectivity index (χ0) is 15.1. The van der Waals surface area contributed by atoms with E-state index in [1.54, 1.807) is 0 Å². The lowest BCUT2D eigenvalue weighted by molar-refractivity contribution is 0.699. The van der Waals surface area contributed by atoms with Crippen LogP contribution in [0.2, 0.25) is 0 Å². The zero-order valence-electron chi connectivity index (χ0n) is 12.3. The number of nitrogens with zero attached hydrogens (tertiary/aromatic N) is 2. The predicted octanol–water partition coefficient (Wildman–Crippen LogP) is 2.84. The molecule has 21 heavy (non-hydrogen) atoms. The Bertz CT molecular complexity index is 561. The van der Waals surface area contributed by atoms with Gasteiger partial charge in [0, 0.05) is 18.2 Å². The first-order valence-corrected chi connectivity index (χ1v) is 8.26. The van der Waals surface area contributed by atoms with E-state index in [9.17, 15) is 0 Å². The minimum atomic E-state index is 0.574. The van der Waals surface area contributed by atoms with Crippen molar-refractivity contribution >= 4 is 23.4 Å². The summed E-state index contributed by atoms with van der Waals surface area (Å²) in [6.45, 7) is 3.08. The number of nitrogens with one attached hydrogen (secondary N) is 2. The van der Waals surface area contributed by atoms with Gasteiger partial charge in [0.2, 0.25) is 0 Å². The van der Waals surface area contributed by atoms with Gasteiger partial charge in [-0.15, -0.1) is 0 Å². The Hall–Kier alpha value is -1.79. The zero-order valence-corrected chi connectivity index (χ0v) is 13.2. The summed E-state index contributed by atoms with van der Waals surface area (Å²) < 4.78 is 0. The highest BCUT2D eigenvalue weighted by Gasteiger charge is 2.07. The normalized spacial score (nSPS) is 12.0. The third-order valence-corrected chi connectivity index (χ3v) is 3.89. The monoisotopic (exact) mass is 303 g/mol. The molecule has 0 amide bonds. The molecule has 1 aromatic carbocycles. The van der Waals surface area contributed by atoms with Crippen molar-refractivity contribution in [3.63, 3.8) is 0 Å². The molecule has 2 rings (SSSR count). The van der Waals surface area contributed by atoms with Gasteiger partial charge >= 0.3 is 0 Å². The molecule has 0 bridgehead atoms. The van der Waals surface area contributed by atoms with Gasteiger partial charge in [0.15, 0.2) is 5.82 Å². The van der Waals surface area contributed by atoms with Gasteiger partial charge in [-0.1, -0.05) is 37.3 Å². The van der Waals surface area contributed by atoms with Crippen LogP contribution in [0.15, 0.2) is 36.4 Å². The van der Waals surface area contributed by atoms with Crippen LogP contribution in [0.4, 0.5) is 11.6 Å². The molecule has 112 valence electrons.